The van der Waals surface area contributed by atoms with Gasteiger partial charge >= 0.3 is 0 Å². The number of thioether (sulfide) groups is 1. The Kier molecular flexibility index (Phi) is 6.01. The van der Waals surface area contributed by atoms with Gasteiger partial charge in [-0.1, -0.05) is 53.7 Å². The second-order valence-electron chi connectivity index (χ2n) is 5.94. The monoisotopic (exact) mass is 385 g/mol. The number of hydrogen-bond acceptors (Lipinski definition) is 3. The molecule has 0 N–H and O–H groups in total. The third-order valence-electron chi connectivity index (χ3n) is 4.29. The van der Waals surface area contributed by atoms with Crippen molar-refractivity contribution in [1.82, 2.24) is 14.5 Å². The lowest BCUT2D eigenvalue weighted by molar-refractivity contribution is -0.128. The van der Waals surface area contributed by atoms with Crippen molar-refractivity contribution in [1.29, 1.82) is 0 Å². The Morgan fingerprint density at radius 1 is 1.19 bits per heavy atom. The standard InChI is InChI=1S/C20H20ClN3OS/c1-15(16-6-4-3-5-7-16)23(2)19(25)14-26-20-22-12-13-24(20)18-10-8-17(21)9-11-18/h3-13,15H,14H2,1-2H3/t15-/m0/s1. The van der Waals surface area contributed by atoms with Crippen LogP contribution in [0.2, 0.25) is 5.02 Å². The molecule has 0 bridgehead atoms. The van der Waals surface area contributed by atoms with Crippen molar-refractivity contribution in [2.75, 3.05) is 12.8 Å². The van der Waals surface area contributed by atoms with E-state index in [4.69, 9.17) is 11.6 Å². The molecular weight excluding hydrogens is 366 g/mol. The second kappa shape index (κ2) is 8.43. The number of benzene rings is 2. The average molecular weight is 386 g/mol. The van der Waals surface area contributed by atoms with Crippen molar-refractivity contribution in [2.24, 2.45) is 0 Å². The molecule has 0 aliphatic heterocycles. The maximum atomic E-state index is 12.6. The summed E-state index contributed by atoms with van der Waals surface area (Å²) in [5.74, 6) is 0.398. The van der Waals surface area contributed by atoms with Gasteiger partial charge in [-0.05, 0) is 36.8 Å². The van der Waals surface area contributed by atoms with Gasteiger partial charge in [0.2, 0.25) is 5.91 Å². The van der Waals surface area contributed by atoms with Gasteiger partial charge in [0, 0.05) is 30.2 Å². The molecule has 134 valence electrons. The third kappa shape index (κ3) is 4.29. The fourth-order valence-corrected chi connectivity index (χ4v) is 3.62. The molecule has 0 unspecified atom stereocenters. The van der Waals surface area contributed by atoms with E-state index in [9.17, 15) is 4.79 Å². The average Bonchev–Trinajstić information content (AvgIpc) is 3.14. The summed E-state index contributed by atoms with van der Waals surface area (Å²) < 4.78 is 1.95. The van der Waals surface area contributed by atoms with Crippen LogP contribution in [-0.4, -0.2) is 33.2 Å². The van der Waals surface area contributed by atoms with E-state index in [1.807, 2.05) is 79.3 Å². The van der Waals surface area contributed by atoms with Gasteiger partial charge in [0.15, 0.2) is 5.16 Å². The van der Waals surface area contributed by atoms with Crippen LogP contribution < -0.4 is 0 Å². The lowest BCUT2D eigenvalue weighted by Crippen LogP contribution is -2.31. The van der Waals surface area contributed by atoms with Crippen LogP contribution in [0, 0.1) is 0 Å². The Bertz CT molecular complexity index is 864. The highest BCUT2D eigenvalue weighted by atomic mass is 35.5. The Morgan fingerprint density at radius 2 is 1.88 bits per heavy atom. The van der Waals surface area contributed by atoms with E-state index >= 15 is 0 Å². The highest BCUT2D eigenvalue weighted by Crippen LogP contribution is 2.24. The number of halogens is 1. The minimum atomic E-state index is 0.0281. The first-order chi connectivity index (χ1) is 12.6. The zero-order chi connectivity index (χ0) is 18.5. The van der Waals surface area contributed by atoms with Gasteiger partial charge in [-0.25, -0.2) is 4.98 Å². The molecule has 0 fully saturated rings. The van der Waals surface area contributed by atoms with Gasteiger partial charge in [0.25, 0.3) is 0 Å². The van der Waals surface area contributed by atoms with Crippen LogP contribution in [0.1, 0.15) is 18.5 Å². The molecule has 3 rings (SSSR count). The number of carbonyl (C=O) groups excluding carboxylic acids is 1. The smallest absolute Gasteiger partial charge is 0.233 e. The maximum absolute atomic E-state index is 12.6. The molecule has 1 amide bonds. The molecule has 2 aromatic carbocycles. The highest BCUT2D eigenvalue weighted by Gasteiger charge is 2.18. The van der Waals surface area contributed by atoms with E-state index in [1.54, 1.807) is 11.1 Å². The van der Waals surface area contributed by atoms with Gasteiger partial charge in [-0.2, -0.15) is 0 Å². The van der Waals surface area contributed by atoms with Gasteiger partial charge in [-0.15, -0.1) is 0 Å². The molecule has 0 spiro atoms. The van der Waals surface area contributed by atoms with Crippen LogP contribution in [0.15, 0.2) is 72.1 Å². The van der Waals surface area contributed by atoms with Crippen molar-refractivity contribution in [3.63, 3.8) is 0 Å². The summed E-state index contributed by atoms with van der Waals surface area (Å²) in [6, 6.07) is 17.6. The van der Waals surface area contributed by atoms with Crippen molar-refractivity contribution in [3.05, 3.63) is 77.6 Å². The SMILES string of the molecule is C[C@@H](c1ccccc1)N(C)C(=O)CSc1nccn1-c1ccc(Cl)cc1. The highest BCUT2D eigenvalue weighted by molar-refractivity contribution is 7.99. The van der Waals surface area contributed by atoms with Crippen LogP contribution >= 0.6 is 23.4 Å². The predicted octanol–water partition coefficient (Wildman–Crippen LogP) is 4.84. The molecule has 0 saturated carbocycles. The molecule has 6 heteroatoms. The minimum Gasteiger partial charge on any atom is -0.338 e. The summed E-state index contributed by atoms with van der Waals surface area (Å²) in [5.41, 5.74) is 2.09. The van der Waals surface area contributed by atoms with Gasteiger partial charge < -0.3 is 4.90 Å². The Morgan fingerprint density at radius 3 is 2.58 bits per heavy atom. The number of imidazole rings is 1. The number of hydrogen-bond donors (Lipinski definition) is 0. The summed E-state index contributed by atoms with van der Waals surface area (Å²) in [5, 5.41) is 1.47. The largest absolute Gasteiger partial charge is 0.338 e. The number of carbonyl (C=O) groups is 1. The molecule has 0 aliphatic carbocycles. The predicted molar refractivity (Wildman–Crippen MR) is 107 cm³/mol. The Hall–Kier alpha value is -2.24. The maximum Gasteiger partial charge on any atom is 0.233 e. The Labute approximate surface area is 162 Å². The molecule has 0 aliphatic rings. The molecule has 4 nitrogen and oxygen atoms in total. The van der Waals surface area contributed by atoms with E-state index in [-0.39, 0.29) is 11.9 Å². The molecule has 0 radical (unpaired) electrons. The third-order valence-corrected chi connectivity index (χ3v) is 5.50. The quantitative estimate of drug-likeness (QED) is 0.570. The van der Waals surface area contributed by atoms with E-state index in [0.29, 0.717) is 10.8 Å². The minimum absolute atomic E-state index is 0.0281. The van der Waals surface area contributed by atoms with Crippen LogP contribution in [0.3, 0.4) is 0 Å². The van der Waals surface area contributed by atoms with E-state index in [0.717, 1.165) is 16.4 Å². The molecular formula is C20H20ClN3OS. The summed E-state index contributed by atoms with van der Waals surface area (Å²) in [7, 11) is 1.84. The summed E-state index contributed by atoms with van der Waals surface area (Å²) in [6.45, 7) is 2.03. The zero-order valence-electron chi connectivity index (χ0n) is 14.7. The van der Waals surface area contributed by atoms with Gasteiger partial charge in [-0.3, -0.25) is 9.36 Å². The van der Waals surface area contributed by atoms with E-state index in [1.165, 1.54) is 11.8 Å². The molecule has 26 heavy (non-hydrogen) atoms. The van der Waals surface area contributed by atoms with Crippen molar-refractivity contribution in [2.45, 2.75) is 18.1 Å². The lowest BCUT2D eigenvalue weighted by atomic mass is 10.1. The topological polar surface area (TPSA) is 38.1 Å². The number of nitrogens with zero attached hydrogens (tertiary/aromatic N) is 3. The van der Waals surface area contributed by atoms with Gasteiger partial charge in [0.1, 0.15) is 0 Å². The normalized spacial score (nSPS) is 12.0. The van der Waals surface area contributed by atoms with Crippen LogP contribution in [-0.2, 0) is 4.79 Å². The van der Waals surface area contributed by atoms with Crippen molar-refractivity contribution < 1.29 is 4.79 Å². The first kappa shape index (κ1) is 18.5. The summed E-state index contributed by atoms with van der Waals surface area (Å²) in [4.78, 5) is 18.7. The zero-order valence-corrected chi connectivity index (χ0v) is 16.2. The summed E-state index contributed by atoms with van der Waals surface area (Å²) in [6.07, 6.45) is 3.62. The molecule has 1 atom stereocenters. The van der Waals surface area contributed by atoms with Crippen LogP contribution in [0.25, 0.3) is 5.69 Å². The van der Waals surface area contributed by atoms with Gasteiger partial charge in [0.05, 0.1) is 11.8 Å². The second-order valence-corrected chi connectivity index (χ2v) is 7.32. The first-order valence-electron chi connectivity index (χ1n) is 8.29. The molecule has 1 heterocycles. The lowest BCUT2D eigenvalue weighted by Gasteiger charge is -2.25. The van der Waals surface area contributed by atoms with Crippen molar-refractivity contribution in [3.8, 4) is 5.69 Å². The van der Waals surface area contributed by atoms with Crippen LogP contribution in [0.4, 0.5) is 0 Å². The summed E-state index contributed by atoms with van der Waals surface area (Å²) >= 11 is 7.38. The molecule has 3 aromatic rings. The van der Waals surface area contributed by atoms with E-state index < -0.39 is 0 Å². The number of rotatable bonds is 6. The van der Waals surface area contributed by atoms with Crippen molar-refractivity contribution >= 4 is 29.3 Å². The van der Waals surface area contributed by atoms with E-state index in [2.05, 4.69) is 4.98 Å². The fraction of sp³-hybridized carbons (Fsp3) is 0.200. The number of aromatic nitrogens is 2. The molecule has 1 aromatic heterocycles. The number of amides is 1. The van der Waals surface area contributed by atoms with Crippen LogP contribution in [0.5, 0.6) is 0 Å². The Balaban J connectivity index is 1.65. The fourth-order valence-electron chi connectivity index (χ4n) is 2.59. The molecule has 0 saturated heterocycles. The first-order valence-corrected chi connectivity index (χ1v) is 9.65.